The summed E-state index contributed by atoms with van der Waals surface area (Å²) < 4.78 is 37.5. The number of H-pyrrole nitrogens is 1. The molecule has 4 N–H and O–H groups in total. The number of methoxy groups -OCH3 is 1. The fraction of sp³-hybridized carbons (Fsp3) is 0.636. The Bertz CT molecular complexity index is 1290. The zero-order chi connectivity index (χ0) is 30.8. The summed E-state index contributed by atoms with van der Waals surface area (Å²) in [5.74, 6) is -0.1000. The summed E-state index contributed by atoms with van der Waals surface area (Å²) in [5.41, 5.74) is 5.43. The SMILES string of the molecule is COc1ccccc1[C@@H]1CCN(C(=O)[C@@H]2C[NH2+]C[C@]23CCCc2[nH]c(C)cc23)C(C2CCCCC2)C1.O=C(O)C(F)(F)F. The third kappa shape index (κ3) is 6.44. The molecule has 10 heteroatoms. The maximum Gasteiger partial charge on any atom is 0.490 e. The lowest BCUT2D eigenvalue weighted by molar-refractivity contribution is -0.640. The first-order chi connectivity index (χ1) is 20.5. The lowest BCUT2D eigenvalue weighted by atomic mass is 9.65. The number of quaternary nitrogens is 1. The molecule has 1 spiro atoms. The van der Waals surface area contributed by atoms with Crippen LogP contribution in [0.15, 0.2) is 30.3 Å². The summed E-state index contributed by atoms with van der Waals surface area (Å²) in [6.45, 7) is 5.05. The van der Waals surface area contributed by atoms with E-state index in [9.17, 15) is 18.0 Å². The average Bonchev–Trinajstić information content (AvgIpc) is 3.61. The first-order valence-electron chi connectivity index (χ1n) is 15.8. The molecule has 2 saturated heterocycles. The molecular formula is C33H45F3N3O4+. The van der Waals surface area contributed by atoms with Crippen molar-refractivity contribution >= 4 is 11.9 Å². The number of aromatic amines is 1. The maximum absolute atomic E-state index is 14.6. The van der Waals surface area contributed by atoms with Crippen LogP contribution < -0.4 is 10.1 Å². The van der Waals surface area contributed by atoms with E-state index in [1.165, 1.54) is 61.0 Å². The molecule has 43 heavy (non-hydrogen) atoms. The van der Waals surface area contributed by atoms with Gasteiger partial charge in [0.25, 0.3) is 0 Å². The molecule has 2 aliphatic carbocycles. The molecule has 4 atom stereocenters. The number of aliphatic carboxylic acids is 1. The number of likely N-dealkylation sites (tertiary alicyclic amines) is 1. The van der Waals surface area contributed by atoms with E-state index in [0.717, 1.165) is 51.1 Å². The highest BCUT2D eigenvalue weighted by Gasteiger charge is 2.55. The summed E-state index contributed by atoms with van der Waals surface area (Å²) in [4.78, 5) is 29.5. The molecule has 1 aromatic carbocycles. The van der Waals surface area contributed by atoms with E-state index < -0.39 is 12.1 Å². The summed E-state index contributed by atoms with van der Waals surface area (Å²) in [5, 5.41) is 9.55. The van der Waals surface area contributed by atoms with Gasteiger partial charge in [0.15, 0.2) is 0 Å². The molecule has 4 aliphatic rings. The lowest BCUT2D eigenvalue weighted by Gasteiger charge is -2.47. The number of carboxylic acids is 1. The van der Waals surface area contributed by atoms with Gasteiger partial charge in [0, 0.05) is 24.0 Å². The number of carbonyl (C=O) groups is 2. The molecule has 1 aromatic heterocycles. The molecule has 1 saturated carbocycles. The van der Waals surface area contributed by atoms with Gasteiger partial charge in [0.1, 0.15) is 11.7 Å². The summed E-state index contributed by atoms with van der Waals surface area (Å²) >= 11 is 0. The van der Waals surface area contributed by atoms with E-state index in [4.69, 9.17) is 14.6 Å². The van der Waals surface area contributed by atoms with Crippen LogP contribution in [0.25, 0.3) is 0 Å². The molecule has 236 valence electrons. The molecule has 1 amide bonds. The average molecular weight is 605 g/mol. The van der Waals surface area contributed by atoms with Gasteiger partial charge in [0.2, 0.25) is 5.91 Å². The Hall–Kier alpha value is -3.01. The van der Waals surface area contributed by atoms with Crippen LogP contribution in [0.1, 0.15) is 86.2 Å². The smallest absolute Gasteiger partial charge is 0.490 e. The summed E-state index contributed by atoms with van der Waals surface area (Å²) in [7, 11) is 1.79. The second-order valence-corrected chi connectivity index (χ2v) is 12.9. The fourth-order valence-electron chi connectivity index (χ4n) is 8.51. The number of aryl methyl sites for hydroxylation is 2. The number of benzene rings is 1. The van der Waals surface area contributed by atoms with Gasteiger partial charge in [-0.05, 0) is 87.0 Å². The molecular weight excluding hydrogens is 559 g/mol. The van der Waals surface area contributed by atoms with Crippen molar-refractivity contribution in [3.05, 3.63) is 52.8 Å². The van der Waals surface area contributed by atoms with Crippen molar-refractivity contribution < 1.29 is 37.9 Å². The van der Waals surface area contributed by atoms with E-state index in [1.807, 2.05) is 0 Å². The Morgan fingerprint density at radius 2 is 1.84 bits per heavy atom. The van der Waals surface area contributed by atoms with Crippen molar-refractivity contribution in [3.8, 4) is 5.75 Å². The van der Waals surface area contributed by atoms with Crippen molar-refractivity contribution in [2.75, 3.05) is 26.7 Å². The number of rotatable bonds is 4. The number of aromatic nitrogens is 1. The number of nitrogens with one attached hydrogen (secondary N) is 1. The number of hydrogen-bond donors (Lipinski definition) is 3. The van der Waals surface area contributed by atoms with Crippen LogP contribution in [0.3, 0.4) is 0 Å². The summed E-state index contributed by atoms with van der Waals surface area (Å²) in [6.07, 6.45) is 7.02. The largest absolute Gasteiger partial charge is 0.496 e. The van der Waals surface area contributed by atoms with Gasteiger partial charge in [0.05, 0.1) is 25.6 Å². The van der Waals surface area contributed by atoms with E-state index in [1.54, 1.807) is 7.11 Å². The van der Waals surface area contributed by atoms with E-state index in [0.29, 0.717) is 23.8 Å². The van der Waals surface area contributed by atoms with Crippen molar-refractivity contribution in [2.45, 2.75) is 94.7 Å². The molecule has 3 fully saturated rings. The molecule has 0 radical (unpaired) electrons. The predicted molar refractivity (Wildman–Crippen MR) is 156 cm³/mol. The molecule has 2 aliphatic heterocycles. The highest BCUT2D eigenvalue weighted by Crippen LogP contribution is 2.47. The predicted octanol–water partition coefficient (Wildman–Crippen LogP) is 5.09. The Balaban J connectivity index is 0.000000472. The van der Waals surface area contributed by atoms with Crippen LogP contribution in [0, 0.1) is 18.8 Å². The Morgan fingerprint density at radius 3 is 2.53 bits per heavy atom. The summed E-state index contributed by atoms with van der Waals surface area (Å²) in [6, 6.07) is 11.3. The molecule has 0 bridgehead atoms. The molecule has 3 heterocycles. The number of nitrogens with zero attached hydrogens (tertiary/aromatic N) is 1. The molecule has 2 aromatic rings. The van der Waals surface area contributed by atoms with Gasteiger partial charge in [-0.3, -0.25) is 4.79 Å². The number of ether oxygens (including phenoxy) is 1. The Labute approximate surface area is 251 Å². The number of halogens is 3. The minimum absolute atomic E-state index is 0.00599. The van der Waals surface area contributed by atoms with Gasteiger partial charge in [-0.1, -0.05) is 37.5 Å². The fourth-order valence-corrected chi connectivity index (χ4v) is 8.51. The van der Waals surface area contributed by atoms with Crippen LogP contribution in [0.5, 0.6) is 5.75 Å². The number of piperidine rings is 1. The quantitative estimate of drug-likeness (QED) is 0.453. The normalized spacial score (nSPS) is 27.7. The van der Waals surface area contributed by atoms with Crippen LogP contribution >= 0.6 is 0 Å². The number of amides is 1. The standard InChI is InChI=1S/C31H43N3O2.C2HF3O2/c1-21-17-25-27(33-21)12-8-15-31(25)20-32-19-26(31)30(35)34-16-14-23(24-11-6-7-13-29(24)36-2)18-28(34)22-9-4-3-5-10-22;3-2(4,5)1(6)7/h6-7,11,13,17,22-23,26,28,32-33H,3-5,8-10,12,14-16,18-20H2,1-2H3;(H,6,7)/p+1/t23-,26+,28?,31+;/m1./s1. The van der Waals surface area contributed by atoms with Crippen LogP contribution in [-0.2, 0) is 21.4 Å². The second kappa shape index (κ2) is 12.9. The van der Waals surface area contributed by atoms with Gasteiger partial charge in [-0.15, -0.1) is 0 Å². The van der Waals surface area contributed by atoms with Gasteiger partial charge >= 0.3 is 12.1 Å². The number of alkyl halides is 3. The maximum atomic E-state index is 14.6. The van der Waals surface area contributed by atoms with Gasteiger partial charge < -0.3 is 25.0 Å². The third-order valence-electron chi connectivity index (χ3n) is 10.4. The van der Waals surface area contributed by atoms with Gasteiger partial charge in [-0.2, -0.15) is 13.2 Å². The molecule has 6 rings (SSSR count). The van der Waals surface area contributed by atoms with Crippen molar-refractivity contribution in [2.24, 2.45) is 11.8 Å². The lowest BCUT2D eigenvalue weighted by Crippen LogP contribution is -2.82. The second-order valence-electron chi connectivity index (χ2n) is 12.9. The topological polar surface area (TPSA) is 99.2 Å². The molecule has 7 nitrogen and oxygen atoms in total. The van der Waals surface area contributed by atoms with Crippen LogP contribution in [0.4, 0.5) is 13.2 Å². The van der Waals surface area contributed by atoms with Crippen molar-refractivity contribution in [1.29, 1.82) is 0 Å². The van der Waals surface area contributed by atoms with Crippen molar-refractivity contribution in [3.63, 3.8) is 0 Å². The Kier molecular flexibility index (Phi) is 9.44. The van der Waals surface area contributed by atoms with Crippen LogP contribution in [0.2, 0.25) is 0 Å². The zero-order valence-electron chi connectivity index (χ0n) is 25.2. The minimum Gasteiger partial charge on any atom is -0.496 e. The molecule has 1 unspecified atom stereocenters. The number of nitrogens with two attached hydrogens (primary N) is 1. The number of hydrogen-bond acceptors (Lipinski definition) is 3. The van der Waals surface area contributed by atoms with Crippen LogP contribution in [-0.4, -0.2) is 65.8 Å². The monoisotopic (exact) mass is 604 g/mol. The Morgan fingerprint density at radius 1 is 1.12 bits per heavy atom. The third-order valence-corrected chi connectivity index (χ3v) is 10.4. The van der Waals surface area contributed by atoms with Gasteiger partial charge in [-0.25, -0.2) is 4.79 Å². The number of fused-ring (bicyclic) bond motifs is 2. The number of carboxylic acid groups (broad SMARTS) is 1. The number of para-hydroxylation sites is 1. The van der Waals surface area contributed by atoms with Crippen molar-refractivity contribution in [1.82, 2.24) is 9.88 Å². The highest BCUT2D eigenvalue weighted by atomic mass is 19.4. The first kappa shape index (κ1) is 31.4. The highest BCUT2D eigenvalue weighted by molar-refractivity contribution is 5.82. The van der Waals surface area contributed by atoms with E-state index >= 15 is 0 Å². The number of carbonyl (C=O) groups excluding carboxylic acids is 1. The zero-order valence-corrected chi connectivity index (χ0v) is 25.2. The van der Waals surface area contributed by atoms with E-state index in [-0.39, 0.29) is 11.3 Å². The first-order valence-corrected chi connectivity index (χ1v) is 15.8. The van der Waals surface area contributed by atoms with E-state index in [2.05, 4.69) is 52.5 Å². The minimum atomic E-state index is -5.08.